The summed E-state index contributed by atoms with van der Waals surface area (Å²) in [5.41, 5.74) is 0.771. The molecule has 1 N–H and O–H groups in total. The maximum Gasteiger partial charge on any atom is 0.160 e. The van der Waals surface area contributed by atoms with Gasteiger partial charge in [-0.1, -0.05) is 6.92 Å². The van der Waals surface area contributed by atoms with Crippen LogP contribution in [0.3, 0.4) is 0 Å². The minimum Gasteiger partial charge on any atom is -0.366 e. The van der Waals surface area contributed by atoms with E-state index in [0.29, 0.717) is 6.04 Å². The van der Waals surface area contributed by atoms with Gasteiger partial charge in [-0.05, 0) is 18.6 Å². The predicted molar refractivity (Wildman–Crippen MR) is 60.7 cm³/mol. The Morgan fingerprint density at radius 1 is 1.38 bits per heavy atom. The Morgan fingerprint density at radius 3 is 2.88 bits per heavy atom. The lowest BCUT2D eigenvalue weighted by molar-refractivity contribution is 0.463. The lowest BCUT2D eigenvalue weighted by atomic mass is 10.1. The molecule has 1 fully saturated rings. The molecule has 88 valence electrons. The third kappa shape index (κ3) is 2.16. The second-order valence-corrected chi connectivity index (χ2v) is 4.06. The van der Waals surface area contributed by atoms with Crippen molar-refractivity contribution in [2.24, 2.45) is 0 Å². The maximum absolute atomic E-state index is 13.1. The quantitative estimate of drug-likeness (QED) is 0.831. The first-order valence-corrected chi connectivity index (χ1v) is 5.64. The summed E-state index contributed by atoms with van der Waals surface area (Å²) in [6.07, 6.45) is 0.992. The van der Waals surface area contributed by atoms with E-state index in [1.54, 1.807) is 6.07 Å². The molecule has 0 spiro atoms. The van der Waals surface area contributed by atoms with Gasteiger partial charge in [0.15, 0.2) is 11.6 Å². The van der Waals surface area contributed by atoms with E-state index in [4.69, 9.17) is 0 Å². The molecule has 4 heteroatoms. The third-order valence-electron chi connectivity index (χ3n) is 3.06. The summed E-state index contributed by atoms with van der Waals surface area (Å²) < 4.78 is 26.0. The van der Waals surface area contributed by atoms with Crippen LogP contribution in [0.5, 0.6) is 0 Å². The Balaban J connectivity index is 2.23. The number of nitrogens with zero attached hydrogens (tertiary/aromatic N) is 1. The molecule has 1 aliphatic heterocycles. The summed E-state index contributed by atoms with van der Waals surface area (Å²) in [5.74, 6) is -1.56. The van der Waals surface area contributed by atoms with Crippen LogP contribution in [0.1, 0.15) is 13.3 Å². The molecular weight excluding hydrogens is 210 g/mol. The number of nitrogens with one attached hydrogen (secondary N) is 1. The number of benzene rings is 1. The second-order valence-electron chi connectivity index (χ2n) is 4.06. The molecule has 0 saturated carbocycles. The summed E-state index contributed by atoms with van der Waals surface area (Å²) in [4.78, 5) is 2.14. The zero-order chi connectivity index (χ0) is 11.5. The van der Waals surface area contributed by atoms with Crippen LogP contribution >= 0.6 is 0 Å². The van der Waals surface area contributed by atoms with E-state index in [9.17, 15) is 8.78 Å². The van der Waals surface area contributed by atoms with Crippen molar-refractivity contribution in [3.05, 3.63) is 29.8 Å². The Morgan fingerprint density at radius 2 is 2.19 bits per heavy atom. The molecule has 0 unspecified atom stereocenters. The summed E-state index contributed by atoms with van der Waals surface area (Å²) in [6, 6.07) is 4.48. The first-order valence-electron chi connectivity index (χ1n) is 5.64. The van der Waals surface area contributed by atoms with Crippen molar-refractivity contribution in [1.82, 2.24) is 5.32 Å². The average Bonchev–Trinajstić information content (AvgIpc) is 2.32. The number of halogens is 2. The van der Waals surface area contributed by atoms with Gasteiger partial charge in [0.1, 0.15) is 0 Å². The highest BCUT2D eigenvalue weighted by molar-refractivity contribution is 5.48. The van der Waals surface area contributed by atoms with Gasteiger partial charge in [0, 0.05) is 37.4 Å². The molecule has 0 radical (unpaired) electrons. The molecule has 2 nitrogen and oxygen atoms in total. The average molecular weight is 226 g/mol. The monoisotopic (exact) mass is 226 g/mol. The van der Waals surface area contributed by atoms with Crippen molar-refractivity contribution in [1.29, 1.82) is 0 Å². The summed E-state index contributed by atoms with van der Waals surface area (Å²) in [5, 5.41) is 3.30. The Kier molecular flexibility index (Phi) is 3.39. The third-order valence-corrected chi connectivity index (χ3v) is 3.06. The van der Waals surface area contributed by atoms with Gasteiger partial charge < -0.3 is 10.2 Å². The van der Waals surface area contributed by atoms with Crippen LogP contribution < -0.4 is 10.2 Å². The van der Waals surface area contributed by atoms with E-state index in [1.165, 1.54) is 12.1 Å². The van der Waals surface area contributed by atoms with Gasteiger partial charge >= 0.3 is 0 Å². The number of rotatable bonds is 2. The van der Waals surface area contributed by atoms with Crippen LogP contribution in [0.4, 0.5) is 14.5 Å². The van der Waals surface area contributed by atoms with Gasteiger partial charge in [0.2, 0.25) is 0 Å². The molecule has 16 heavy (non-hydrogen) atoms. The lowest BCUT2D eigenvalue weighted by Gasteiger charge is -2.37. The highest BCUT2D eigenvalue weighted by atomic mass is 19.2. The van der Waals surface area contributed by atoms with Crippen molar-refractivity contribution in [2.45, 2.75) is 19.4 Å². The molecule has 1 aromatic carbocycles. The Labute approximate surface area is 94.3 Å². The fraction of sp³-hybridized carbons (Fsp3) is 0.500. The summed E-state index contributed by atoms with van der Waals surface area (Å²) in [7, 11) is 0. The van der Waals surface area contributed by atoms with E-state index in [2.05, 4.69) is 17.1 Å². The maximum atomic E-state index is 13.1. The molecule has 1 aromatic rings. The highest BCUT2D eigenvalue weighted by Gasteiger charge is 2.21. The van der Waals surface area contributed by atoms with Crippen LogP contribution in [0, 0.1) is 11.6 Å². The summed E-state index contributed by atoms with van der Waals surface area (Å²) in [6.45, 7) is 4.72. The SMILES string of the molecule is CC[C@H]1CNCCN1c1ccc(F)c(F)c1. The van der Waals surface area contributed by atoms with Crippen LogP contribution in [-0.4, -0.2) is 25.7 Å². The largest absolute Gasteiger partial charge is 0.366 e. The number of hydrogen-bond acceptors (Lipinski definition) is 2. The molecule has 0 aromatic heterocycles. The molecule has 0 bridgehead atoms. The smallest absolute Gasteiger partial charge is 0.160 e. The molecule has 1 saturated heterocycles. The Bertz CT molecular complexity index is 368. The number of hydrogen-bond donors (Lipinski definition) is 1. The molecular formula is C12H16F2N2. The van der Waals surface area contributed by atoms with Gasteiger partial charge in [0.25, 0.3) is 0 Å². The van der Waals surface area contributed by atoms with E-state index in [1.807, 2.05) is 0 Å². The lowest BCUT2D eigenvalue weighted by Crippen LogP contribution is -2.51. The molecule has 0 aliphatic carbocycles. The molecule has 0 amide bonds. The number of piperazine rings is 1. The molecule has 1 atom stereocenters. The van der Waals surface area contributed by atoms with Crippen LogP contribution in [0.25, 0.3) is 0 Å². The van der Waals surface area contributed by atoms with E-state index in [-0.39, 0.29) is 0 Å². The van der Waals surface area contributed by atoms with Gasteiger partial charge in [-0.3, -0.25) is 0 Å². The fourth-order valence-electron chi connectivity index (χ4n) is 2.13. The van der Waals surface area contributed by atoms with Crippen molar-refractivity contribution < 1.29 is 8.78 Å². The summed E-state index contributed by atoms with van der Waals surface area (Å²) >= 11 is 0. The van der Waals surface area contributed by atoms with E-state index in [0.717, 1.165) is 31.7 Å². The van der Waals surface area contributed by atoms with Crippen molar-refractivity contribution in [3.8, 4) is 0 Å². The fourth-order valence-corrected chi connectivity index (χ4v) is 2.13. The minimum atomic E-state index is -0.785. The van der Waals surface area contributed by atoms with Crippen LogP contribution in [0.2, 0.25) is 0 Å². The molecule has 1 aliphatic rings. The standard InChI is InChI=1S/C12H16F2N2/c1-2-9-8-15-5-6-16(9)10-3-4-11(13)12(14)7-10/h3-4,7,9,15H,2,5-6,8H2,1H3/t9-/m0/s1. The van der Waals surface area contributed by atoms with Crippen molar-refractivity contribution in [3.63, 3.8) is 0 Å². The second kappa shape index (κ2) is 4.78. The van der Waals surface area contributed by atoms with E-state index < -0.39 is 11.6 Å². The zero-order valence-corrected chi connectivity index (χ0v) is 9.34. The normalized spacial score (nSPS) is 21.2. The van der Waals surface area contributed by atoms with Gasteiger partial charge in [-0.2, -0.15) is 0 Å². The van der Waals surface area contributed by atoms with Gasteiger partial charge in [-0.15, -0.1) is 0 Å². The first-order chi connectivity index (χ1) is 7.72. The number of anilines is 1. The Hall–Kier alpha value is -1.16. The predicted octanol–water partition coefficient (Wildman–Crippen LogP) is 2.15. The molecule has 2 rings (SSSR count). The first kappa shape index (κ1) is 11.3. The van der Waals surface area contributed by atoms with Crippen molar-refractivity contribution >= 4 is 5.69 Å². The van der Waals surface area contributed by atoms with Gasteiger partial charge in [0.05, 0.1) is 0 Å². The van der Waals surface area contributed by atoms with Gasteiger partial charge in [-0.25, -0.2) is 8.78 Å². The zero-order valence-electron chi connectivity index (χ0n) is 9.34. The highest BCUT2D eigenvalue weighted by Crippen LogP contribution is 2.22. The minimum absolute atomic E-state index is 0.360. The van der Waals surface area contributed by atoms with Crippen LogP contribution in [0.15, 0.2) is 18.2 Å². The van der Waals surface area contributed by atoms with Crippen LogP contribution in [-0.2, 0) is 0 Å². The topological polar surface area (TPSA) is 15.3 Å². The van der Waals surface area contributed by atoms with E-state index >= 15 is 0 Å². The van der Waals surface area contributed by atoms with Crippen molar-refractivity contribution in [2.75, 3.05) is 24.5 Å². The molecule has 1 heterocycles.